The highest BCUT2D eigenvalue weighted by Crippen LogP contribution is 2.26. The number of aromatic hydroxyl groups is 1. The third-order valence-corrected chi connectivity index (χ3v) is 4.16. The van der Waals surface area contributed by atoms with E-state index in [9.17, 15) is 14.3 Å². The van der Waals surface area contributed by atoms with Gasteiger partial charge in [-0.3, -0.25) is 4.79 Å². The van der Waals surface area contributed by atoms with Crippen LogP contribution in [-0.4, -0.2) is 42.1 Å². The topological polar surface area (TPSA) is 52.6 Å². The lowest BCUT2D eigenvalue weighted by molar-refractivity contribution is 0.0682. The minimum atomic E-state index is -0.545. The van der Waals surface area contributed by atoms with E-state index in [0.29, 0.717) is 6.04 Å². The molecule has 0 heterocycles. The molecule has 1 saturated carbocycles. The molecule has 1 fully saturated rings. The average molecular weight is 280 g/mol. The second-order valence-electron chi connectivity index (χ2n) is 5.37. The number of nitrogens with zero attached hydrogens (tertiary/aromatic N) is 1. The molecule has 1 aromatic rings. The first kappa shape index (κ1) is 14.8. The highest BCUT2D eigenvalue weighted by atomic mass is 19.1. The number of halogens is 1. The quantitative estimate of drug-likeness (QED) is 0.892. The largest absolute Gasteiger partial charge is 0.507 e. The third kappa shape index (κ3) is 3.10. The molecule has 0 saturated heterocycles. The zero-order valence-electron chi connectivity index (χ0n) is 11.9. The van der Waals surface area contributed by atoms with Crippen molar-refractivity contribution >= 4 is 5.91 Å². The van der Waals surface area contributed by atoms with Gasteiger partial charge in [-0.2, -0.15) is 0 Å². The van der Waals surface area contributed by atoms with Crippen LogP contribution in [0, 0.1) is 5.82 Å². The number of nitrogens with one attached hydrogen (secondary N) is 1. The summed E-state index contributed by atoms with van der Waals surface area (Å²) in [6.07, 6.45) is 3.95. The second-order valence-corrected chi connectivity index (χ2v) is 5.37. The molecule has 2 rings (SSSR count). The number of phenolic OH excluding ortho intramolecular Hbond substituents is 1. The van der Waals surface area contributed by atoms with E-state index in [1.165, 1.54) is 12.1 Å². The predicted molar refractivity (Wildman–Crippen MR) is 75.3 cm³/mol. The Morgan fingerprint density at radius 3 is 2.55 bits per heavy atom. The summed E-state index contributed by atoms with van der Waals surface area (Å²) in [7, 11) is 3.70. The van der Waals surface area contributed by atoms with Gasteiger partial charge >= 0.3 is 0 Å². The van der Waals surface area contributed by atoms with E-state index in [-0.39, 0.29) is 23.3 Å². The van der Waals surface area contributed by atoms with Crippen LogP contribution in [0.1, 0.15) is 36.0 Å². The first-order valence-electron chi connectivity index (χ1n) is 6.96. The van der Waals surface area contributed by atoms with Gasteiger partial charge in [0, 0.05) is 25.2 Å². The molecule has 2 N–H and O–H groups in total. The lowest BCUT2D eigenvalue weighted by Crippen LogP contribution is -2.42. The van der Waals surface area contributed by atoms with E-state index in [1.54, 1.807) is 11.9 Å². The fourth-order valence-corrected chi connectivity index (χ4v) is 2.79. The van der Waals surface area contributed by atoms with Crippen LogP contribution < -0.4 is 5.32 Å². The van der Waals surface area contributed by atoms with Crippen LogP contribution in [-0.2, 0) is 0 Å². The van der Waals surface area contributed by atoms with Gasteiger partial charge in [0.25, 0.3) is 5.91 Å². The molecular formula is C15H21FN2O2. The highest BCUT2D eigenvalue weighted by molar-refractivity contribution is 5.96. The molecule has 0 radical (unpaired) electrons. The molecule has 1 amide bonds. The van der Waals surface area contributed by atoms with Gasteiger partial charge in [0.1, 0.15) is 11.6 Å². The van der Waals surface area contributed by atoms with E-state index in [1.807, 2.05) is 7.05 Å². The maximum atomic E-state index is 13.0. The standard InChI is InChI=1S/C15H21FN2O2/c1-17-11-4-6-12(7-5-11)18(2)15(20)13-8-3-10(16)9-14(13)19/h3,8-9,11-12,17,19H,4-7H2,1-2H3. The molecule has 1 aromatic carbocycles. The summed E-state index contributed by atoms with van der Waals surface area (Å²) in [5.74, 6) is -1.10. The number of carbonyl (C=O) groups excluding carboxylic acids is 1. The Morgan fingerprint density at radius 2 is 2.00 bits per heavy atom. The van der Waals surface area contributed by atoms with E-state index in [0.717, 1.165) is 31.7 Å². The van der Waals surface area contributed by atoms with Crippen LogP contribution in [0.5, 0.6) is 5.75 Å². The monoisotopic (exact) mass is 280 g/mol. The molecule has 0 bridgehead atoms. The molecule has 20 heavy (non-hydrogen) atoms. The molecule has 5 heteroatoms. The van der Waals surface area contributed by atoms with Crippen LogP contribution in [0.15, 0.2) is 18.2 Å². The van der Waals surface area contributed by atoms with Crippen molar-refractivity contribution < 1.29 is 14.3 Å². The van der Waals surface area contributed by atoms with Crippen LogP contribution in [0.25, 0.3) is 0 Å². The molecule has 0 atom stereocenters. The first-order chi connectivity index (χ1) is 9.52. The van der Waals surface area contributed by atoms with E-state index < -0.39 is 5.82 Å². The van der Waals surface area contributed by atoms with Crippen LogP contribution in [0.2, 0.25) is 0 Å². The number of amides is 1. The zero-order chi connectivity index (χ0) is 14.7. The third-order valence-electron chi connectivity index (χ3n) is 4.16. The van der Waals surface area contributed by atoms with Crippen LogP contribution in [0.4, 0.5) is 4.39 Å². The molecule has 0 aromatic heterocycles. The van der Waals surface area contributed by atoms with Crippen molar-refractivity contribution in [3.05, 3.63) is 29.6 Å². The fourth-order valence-electron chi connectivity index (χ4n) is 2.79. The fraction of sp³-hybridized carbons (Fsp3) is 0.533. The Labute approximate surface area is 118 Å². The minimum absolute atomic E-state index is 0.157. The molecule has 1 aliphatic rings. The molecular weight excluding hydrogens is 259 g/mol. The highest BCUT2D eigenvalue weighted by Gasteiger charge is 2.27. The molecule has 0 spiro atoms. The zero-order valence-corrected chi connectivity index (χ0v) is 11.9. The van der Waals surface area contributed by atoms with Gasteiger partial charge in [-0.1, -0.05) is 0 Å². The predicted octanol–water partition coefficient (Wildman–Crippen LogP) is 2.13. The molecule has 0 unspecified atom stereocenters. The van der Waals surface area contributed by atoms with Gasteiger partial charge in [0.2, 0.25) is 0 Å². The maximum Gasteiger partial charge on any atom is 0.257 e. The Morgan fingerprint density at radius 1 is 1.35 bits per heavy atom. The summed E-state index contributed by atoms with van der Waals surface area (Å²) in [5, 5.41) is 12.9. The number of hydrogen-bond acceptors (Lipinski definition) is 3. The van der Waals surface area contributed by atoms with Crippen molar-refractivity contribution in [2.45, 2.75) is 37.8 Å². The van der Waals surface area contributed by atoms with E-state index in [2.05, 4.69) is 5.32 Å². The van der Waals surface area contributed by atoms with Gasteiger partial charge in [-0.05, 0) is 44.9 Å². The number of carbonyl (C=O) groups is 1. The van der Waals surface area contributed by atoms with Crippen molar-refractivity contribution in [2.24, 2.45) is 0 Å². The van der Waals surface area contributed by atoms with Gasteiger partial charge in [0.15, 0.2) is 0 Å². The normalized spacial score (nSPS) is 22.6. The van der Waals surface area contributed by atoms with Gasteiger partial charge in [-0.25, -0.2) is 4.39 Å². The summed E-state index contributed by atoms with van der Waals surface area (Å²) >= 11 is 0. The molecule has 110 valence electrons. The average Bonchev–Trinajstić information content (AvgIpc) is 2.46. The minimum Gasteiger partial charge on any atom is -0.507 e. The van der Waals surface area contributed by atoms with Crippen LogP contribution >= 0.6 is 0 Å². The van der Waals surface area contributed by atoms with Gasteiger partial charge in [0.05, 0.1) is 5.56 Å². The lowest BCUT2D eigenvalue weighted by Gasteiger charge is -2.34. The van der Waals surface area contributed by atoms with Crippen molar-refractivity contribution in [3.8, 4) is 5.75 Å². The summed E-state index contributed by atoms with van der Waals surface area (Å²) < 4.78 is 13.0. The van der Waals surface area contributed by atoms with Crippen LogP contribution in [0.3, 0.4) is 0 Å². The summed E-state index contributed by atoms with van der Waals surface area (Å²) in [6.45, 7) is 0. The van der Waals surface area contributed by atoms with E-state index >= 15 is 0 Å². The van der Waals surface area contributed by atoms with E-state index in [4.69, 9.17) is 0 Å². The summed E-state index contributed by atoms with van der Waals surface area (Å²) in [5.41, 5.74) is 0.157. The summed E-state index contributed by atoms with van der Waals surface area (Å²) in [4.78, 5) is 14.0. The van der Waals surface area contributed by atoms with Crippen molar-refractivity contribution in [2.75, 3.05) is 14.1 Å². The maximum absolute atomic E-state index is 13.0. The molecule has 1 aliphatic carbocycles. The number of phenols is 1. The van der Waals surface area contributed by atoms with Crippen molar-refractivity contribution in [3.63, 3.8) is 0 Å². The Bertz CT molecular complexity index is 485. The number of benzene rings is 1. The Hall–Kier alpha value is -1.62. The molecule has 0 aliphatic heterocycles. The van der Waals surface area contributed by atoms with Crippen molar-refractivity contribution in [1.82, 2.24) is 10.2 Å². The SMILES string of the molecule is CNC1CCC(N(C)C(=O)c2ccc(F)cc2O)CC1. The van der Waals surface area contributed by atoms with Crippen molar-refractivity contribution in [1.29, 1.82) is 0 Å². The lowest BCUT2D eigenvalue weighted by atomic mass is 9.90. The Kier molecular flexibility index (Phi) is 4.60. The summed E-state index contributed by atoms with van der Waals surface area (Å²) in [6, 6.07) is 4.20. The molecule has 4 nitrogen and oxygen atoms in total. The van der Waals surface area contributed by atoms with Gasteiger partial charge < -0.3 is 15.3 Å². The number of hydrogen-bond donors (Lipinski definition) is 2. The Balaban J connectivity index is 2.05. The first-order valence-corrected chi connectivity index (χ1v) is 6.96. The second kappa shape index (κ2) is 6.22. The number of rotatable bonds is 3. The smallest absolute Gasteiger partial charge is 0.257 e. The van der Waals surface area contributed by atoms with Gasteiger partial charge in [-0.15, -0.1) is 0 Å².